The van der Waals surface area contributed by atoms with Crippen LogP contribution in [0.3, 0.4) is 0 Å². The van der Waals surface area contributed by atoms with Gasteiger partial charge >= 0.3 is 0 Å². The number of rotatable bonds is 4. The maximum Gasteiger partial charge on any atom is 0.0360 e. The highest BCUT2D eigenvalue weighted by Crippen LogP contribution is 2.13. The number of thiophene rings is 1. The first kappa shape index (κ1) is 9.49. The second-order valence-corrected chi connectivity index (χ2v) is 4.12. The van der Waals surface area contributed by atoms with E-state index in [-0.39, 0.29) is 0 Å². The van der Waals surface area contributed by atoms with Gasteiger partial charge in [0.15, 0.2) is 0 Å². The van der Waals surface area contributed by atoms with Crippen LogP contribution >= 0.6 is 11.3 Å². The third-order valence-electron chi connectivity index (χ3n) is 2.25. The molecule has 2 N–H and O–H groups in total. The minimum Gasteiger partial charge on any atom is -0.364 e. The monoisotopic (exact) mass is 206 g/mol. The van der Waals surface area contributed by atoms with Gasteiger partial charge < -0.3 is 10.3 Å². The number of hydrogen-bond acceptors (Lipinski definition) is 2. The van der Waals surface area contributed by atoms with Crippen molar-refractivity contribution in [1.82, 2.24) is 10.3 Å². The van der Waals surface area contributed by atoms with Crippen LogP contribution < -0.4 is 5.32 Å². The zero-order valence-electron chi connectivity index (χ0n) is 8.21. The highest BCUT2D eigenvalue weighted by Gasteiger charge is 1.98. The second-order valence-electron chi connectivity index (χ2n) is 3.38. The molecule has 0 aromatic carbocycles. The van der Waals surface area contributed by atoms with Crippen molar-refractivity contribution in [1.29, 1.82) is 0 Å². The van der Waals surface area contributed by atoms with Crippen LogP contribution in [0.15, 0.2) is 29.1 Å². The molecule has 0 saturated heterocycles. The molecule has 0 bridgehead atoms. The molecule has 0 unspecified atom stereocenters. The van der Waals surface area contributed by atoms with E-state index in [0.717, 1.165) is 13.1 Å². The average Bonchev–Trinajstić information content (AvgIpc) is 2.78. The number of hydrogen-bond donors (Lipinski definition) is 2. The van der Waals surface area contributed by atoms with Crippen LogP contribution in [0.2, 0.25) is 0 Å². The molecule has 0 aliphatic carbocycles. The molecule has 2 rings (SSSR count). The van der Waals surface area contributed by atoms with Crippen LogP contribution in [0, 0.1) is 6.92 Å². The predicted octanol–water partition coefficient (Wildman–Crippen LogP) is 2.67. The third kappa shape index (κ3) is 2.25. The topological polar surface area (TPSA) is 27.8 Å². The quantitative estimate of drug-likeness (QED) is 0.791. The molecule has 0 aliphatic rings. The fourth-order valence-corrected chi connectivity index (χ4v) is 2.23. The van der Waals surface area contributed by atoms with Crippen molar-refractivity contribution in [3.05, 3.63) is 45.9 Å². The van der Waals surface area contributed by atoms with E-state index in [0.29, 0.717) is 0 Å². The van der Waals surface area contributed by atoms with Crippen molar-refractivity contribution in [2.75, 3.05) is 0 Å². The number of aryl methyl sites for hydroxylation is 1. The van der Waals surface area contributed by atoms with Gasteiger partial charge in [-0.2, -0.15) is 11.3 Å². The molecule has 0 saturated carbocycles. The Kier molecular flexibility index (Phi) is 3.01. The molecule has 0 amide bonds. The summed E-state index contributed by atoms with van der Waals surface area (Å²) in [7, 11) is 0. The smallest absolute Gasteiger partial charge is 0.0360 e. The maximum absolute atomic E-state index is 3.41. The van der Waals surface area contributed by atoms with E-state index in [1.54, 1.807) is 11.3 Å². The standard InChI is InChI=1S/C11H14N2S/c1-9-7-14-8-10(9)5-12-6-11-3-2-4-13-11/h2-4,7-8,12-13H,5-6H2,1H3. The van der Waals surface area contributed by atoms with E-state index in [1.807, 2.05) is 12.3 Å². The molecular formula is C11H14N2S. The zero-order chi connectivity index (χ0) is 9.80. The molecule has 0 fully saturated rings. The lowest BCUT2D eigenvalue weighted by Gasteiger charge is -2.02. The lowest BCUT2D eigenvalue weighted by Crippen LogP contribution is -2.12. The third-order valence-corrected chi connectivity index (χ3v) is 3.17. The van der Waals surface area contributed by atoms with Gasteiger partial charge in [0.2, 0.25) is 0 Å². The van der Waals surface area contributed by atoms with Crippen LogP contribution in [-0.4, -0.2) is 4.98 Å². The fraction of sp³-hybridized carbons (Fsp3) is 0.273. The first-order valence-electron chi connectivity index (χ1n) is 4.71. The average molecular weight is 206 g/mol. The Morgan fingerprint density at radius 2 is 2.29 bits per heavy atom. The molecule has 0 aliphatic heterocycles. The summed E-state index contributed by atoms with van der Waals surface area (Å²) in [5.74, 6) is 0. The Bertz CT molecular complexity index is 376. The van der Waals surface area contributed by atoms with Gasteiger partial charge in [0.05, 0.1) is 0 Å². The highest BCUT2D eigenvalue weighted by atomic mass is 32.1. The molecule has 2 heterocycles. The second kappa shape index (κ2) is 4.44. The first-order chi connectivity index (χ1) is 6.86. The Morgan fingerprint density at radius 1 is 1.36 bits per heavy atom. The Labute approximate surface area is 88.0 Å². The number of aromatic amines is 1. The fourth-order valence-electron chi connectivity index (χ4n) is 1.38. The minimum atomic E-state index is 0.905. The van der Waals surface area contributed by atoms with Gasteiger partial charge in [-0.25, -0.2) is 0 Å². The minimum absolute atomic E-state index is 0.905. The van der Waals surface area contributed by atoms with Crippen molar-refractivity contribution >= 4 is 11.3 Å². The maximum atomic E-state index is 3.41. The summed E-state index contributed by atoms with van der Waals surface area (Å²) >= 11 is 1.77. The molecular weight excluding hydrogens is 192 g/mol. The van der Waals surface area contributed by atoms with Gasteiger partial charge in [0.1, 0.15) is 0 Å². The molecule has 14 heavy (non-hydrogen) atoms. The first-order valence-corrected chi connectivity index (χ1v) is 5.65. The molecule has 74 valence electrons. The van der Waals surface area contributed by atoms with Gasteiger partial charge in [-0.3, -0.25) is 0 Å². The molecule has 2 nitrogen and oxygen atoms in total. The molecule has 2 aromatic rings. The van der Waals surface area contributed by atoms with E-state index in [4.69, 9.17) is 0 Å². The predicted molar refractivity (Wildman–Crippen MR) is 60.4 cm³/mol. The zero-order valence-corrected chi connectivity index (χ0v) is 9.03. The summed E-state index contributed by atoms with van der Waals surface area (Å²) in [6, 6.07) is 4.11. The van der Waals surface area contributed by atoms with E-state index in [1.165, 1.54) is 16.8 Å². The number of nitrogens with one attached hydrogen (secondary N) is 2. The number of H-pyrrole nitrogens is 1. The highest BCUT2D eigenvalue weighted by molar-refractivity contribution is 7.08. The Balaban J connectivity index is 1.81. The van der Waals surface area contributed by atoms with Crippen molar-refractivity contribution in [3.8, 4) is 0 Å². The van der Waals surface area contributed by atoms with Crippen LogP contribution in [-0.2, 0) is 13.1 Å². The van der Waals surface area contributed by atoms with Gasteiger partial charge in [0.25, 0.3) is 0 Å². The van der Waals surface area contributed by atoms with Crippen molar-refractivity contribution in [2.24, 2.45) is 0 Å². The van der Waals surface area contributed by atoms with Crippen LogP contribution in [0.25, 0.3) is 0 Å². The number of aromatic nitrogens is 1. The Morgan fingerprint density at radius 3 is 2.93 bits per heavy atom. The van der Waals surface area contributed by atoms with Crippen LogP contribution in [0.4, 0.5) is 0 Å². The lowest BCUT2D eigenvalue weighted by atomic mass is 10.2. The molecule has 0 spiro atoms. The summed E-state index contributed by atoms with van der Waals surface area (Å²) in [5, 5.41) is 7.80. The van der Waals surface area contributed by atoms with E-state index in [9.17, 15) is 0 Å². The van der Waals surface area contributed by atoms with Crippen molar-refractivity contribution in [3.63, 3.8) is 0 Å². The van der Waals surface area contributed by atoms with E-state index in [2.05, 4.69) is 34.1 Å². The normalized spacial score (nSPS) is 10.6. The lowest BCUT2D eigenvalue weighted by molar-refractivity contribution is 0.682. The summed E-state index contributed by atoms with van der Waals surface area (Å²) < 4.78 is 0. The summed E-state index contributed by atoms with van der Waals surface area (Å²) in [5.41, 5.74) is 4.02. The van der Waals surface area contributed by atoms with E-state index < -0.39 is 0 Å². The summed E-state index contributed by atoms with van der Waals surface area (Å²) in [4.78, 5) is 3.17. The molecule has 2 aromatic heterocycles. The van der Waals surface area contributed by atoms with Crippen molar-refractivity contribution in [2.45, 2.75) is 20.0 Å². The van der Waals surface area contributed by atoms with Crippen LogP contribution in [0.5, 0.6) is 0 Å². The molecule has 0 atom stereocenters. The van der Waals surface area contributed by atoms with E-state index >= 15 is 0 Å². The SMILES string of the molecule is Cc1cscc1CNCc1ccc[nH]1. The van der Waals surface area contributed by atoms with Gasteiger partial charge in [-0.15, -0.1) is 0 Å². The van der Waals surface area contributed by atoms with Crippen LogP contribution in [0.1, 0.15) is 16.8 Å². The van der Waals surface area contributed by atoms with Gasteiger partial charge in [-0.05, 0) is 40.9 Å². The van der Waals surface area contributed by atoms with Gasteiger partial charge in [0, 0.05) is 25.0 Å². The van der Waals surface area contributed by atoms with Crippen molar-refractivity contribution < 1.29 is 0 Å². The largest absolute Gasteiger partial charge is 0.364 e. The van der Waals surface area contributed by atoms with Gasteiger partial charge in [-0.1, -0.05) is 0 Å². The molecule has 0 radical (unpaired) electrons. The summed E-state index contributed by atoms with van der Waals surface area (Å²) in [6.07, 6.45) is 1.95. The Hall–Kier alpha value is -1.06. The summed E-state index contributed by atoms with van der Waals surface area (Å²) in [6.45, 7) is 4.01. The molecule has 3 heteroatoms.